The van der Waals surface area contributed by atoms with Gasteiger partial charge in [0.1, 0.15) is 0 Å². The molecule has 1 aliphatic rings. The highest BCUT2D eigenvalue weighted by Gasteiger charge is 2.19. The number of nitrogens with one attached hydrogen (secondary N) is 1. The molecule has 1 aromatic heterocycles. The predicted molar refractivity (Wildman–Crippen MR) is 85.9 cm³/mol. The number of aryl methyl sites for hydroxylation is 1. The molecule has 3 nitrogen and oxygen atoms in total. The zero-order chi connectivity index (χ0) is 14.5. The topological polar surface area (TPSA) is 34.1 Å². The maximum atomic E-state index is 5.77. The lowest BCUT2D eigenvalue weighted by Crippen LogP contribution is -2.28. The van der Waals surface area contributed by atoms with Crippen LogP contribution in [-0.4, -0.2) is 17.6 Å². The van der Waals surface area contributed by atoms with Crippen LogP contribution in [0.3, 0.4) is 0 Å². The third-order valence-corrected chi connectivity index (χ3v) is 3.92. The van der Waals surface area contributed by atoms with Gasteiger partial charge in [0.15, 0.2) is 11.6 Å². The van der Waals surface area contributed by atoms with Gasteiger partial charge in [0.05, 0.1) is 6.61 Å². The lowest BCUT2D eigenvalue weighted by molar-refractivity contribution is 0.317. The van der Waals surface area contributed by atoms with Crippen molar-refractivity contribution in [2.24, 2.45) is 0 Å². The van der Waals surface area contributed by atoms with E-state index in [9.17, 15) is 0 Å². The molecule has 21 heavy (non-hydrogen) atoms. The van der Waals surface area contributed by atoms with Gasteiger partial charge in [-0.15, -0.1) is 0 Å². The molecule has 0 spiro atoms. The maximum absolute atomic E-state index is 5.77. The molecule has 0 saturated carbocycles. The van der Waals surface area contributed by atoms with Crippen LogP contribution in [0.4, 0.5) is 5.82 Å². The summed E-state index contributed by atoms with van der Waals surface area (Å²) in [6, 6.07) is 13.1. The molecular weight excluding hydrogens is 260 g/mol. The summed E-state index contributed by atoms with van der Waals surface area (Å²) in [5.41, 5.74) is 2.94. The Balaban J connectivity index is 1.70. The van der Waals surface area contributed by atoms with Crippen molar-refractivity contribution >= 4 is 5.82 Å². The molecule has 0 radical (unpaired) electrons. The van der Waals surface area contributed by atoms with E-state index >= 15 is 0 Å². The predicted octanol–water partition coefficient (Wildman–Crippen LogP) is 3.84. The molecule has 1 N–H and O–H groups in total. The lowest BCUT2D eigenvalue weighted by atomic mass is 9.88. The summed E-state index contributed by atoms with van der Waals surface area (Å²) in [6.45, 7) is 2.84. The first-order chi connectivity index (χ1) is 10.4. The first kappa shape index (κ1) is 13.9. The zero-order valence-electron chi connectivity index (χ0n) is 12.5. The van der Waals surface area contributed by atoms with E-state index < -0.39 is 0 Å². The Morgan fingerprint density at radius 1 is 1.19 bits per heavy atom. The van der Waals surface area contributed by atoms with Gasteiger partial charge in [-0.2, -0.15) is 0 Å². The standard InChI is InChI=1S/C18H22N2O/c1-2-12-21-17-8-5-11-19-18(17)20-16-10-9-14-6-3-4-7-15(14)13-16/h3-8,11,16H,2,9-10,12-13H2,1H3,(H,19,20). The molecule has 110 valence electrons. The van der Waals surface area contributed by atoms with Crippen LogP contribution in [0, 0.1) is 0 Å². The van der Waals surface area contributed by atoms with Gasteiger partial charge in [-0.3, -0.25) is 0 Å². The van der Waals surface area contributed by atoms with Gasteiger partial charge >= 0.3 is 0 Å². The third-order valence-electron chi connectivity index (χ3n) is 3.92. The second-order valence-corrected chi connectivity index (χ2v) is 5.55. The molecule has 0 fully saturated rings. The van der Waals surface area contributed by atoms with Crippen molar-refractivity contribution in [3.8, 4) is 5.75 Å². The molecule has 1 atom stereocenters. The zero-order valence-corrected chi connectivity index (χ0v) is 12.5. The molecule has 1 aromatic carbocycles. The maximum Gasteiger partial charge on any atom is 0.168 e. The fourth-order valence-electron chi connectivity index (χ4n) is 2.84. The highest BCUT2D eigenvalue weighted by Crippen LogP contribution is 2.27. The molecule has 0 bridgehead atoms. The number of aromatic nitrogens is 1. The van der Waals surface area contributed by atoms with E-state index in [1.54, 1.807) is 0 Å². The van der Waals surface area contributed by atoms with Crippen LogP contribution in [0.1, 0.15) is 30.9 Å². The molecule has 3 heteroatoms. The van der Waals surface area contributed by atoms with Gasteiger partial charge in [-0.05, 0) is 48.9 Å². The summed E-state index contributed by atoms with van der Waals surface area (Å²) >= 11 is 0. The van der Waals surface area contributed by atoms with Crippen molar-refractivity contribution in [2.45, 2.75) is 38.6 Å². The smallest absolute Gasteiger partial charge is 0.168 e. The Morgan fingerprint density at radius 3 is 2.90 bits per heavy atom. The number of hydrogen-bond acceptors (Lipinski definition) is 3. The summed E-state index contributed by atoms with van der Waals surface area (Å²) in [6.07, 6.45) is 6.15. The summed E-state index contributed by atoms with van der Waals surface area (Å²) in [4.78, 5) is 4.45. The van der Waals surface area contributed by atoms with E-state index in [1.807, 2.05) is 18.3 Å². The Labute approximate surface area is 126 Å². The van der Waals surface area contributed by atoms with Crippen molar-refractivity contribution in [1.29, 1.82) is 0 Å². The molecular formula is C18H22N2O. The van der Waals surface area contributed by atoms with E-state index in [-0.39, 0.29) is 0 Å². The average Bonchev–Trinajstić information content (AvgIpc) is 2.54. The van der Waals surface area contributed by atoms with E-state index in [4.69, 9.17) is 4.74 Å². The van der Waals surface area contributed by atoms with Crippen molar-refractivity contribution in [1.82, 2.24) is 4.98 Å². The molecule has 1 heterocycles. The largest absolute Gasteiger partial charge is 0.490 e. The number of pyridine rings is 1. The van der Waals surface area contributed by atoms with Crippen LogP contribution in [0.25, 0.3) is 0 Å². The monoisotopic (exact) mass is 282 g/mol. The summed E-state index contributed by atoms with van der Waals surface area (Å²) in [7, 11) is 0. The Bertz CT molecular complexity index is 597. The van der Waals surface area contributed by atoms with Crippen molar-refractivity contribution < 1.29 is 4.74 Å². The Hall–Kier alpha value is -2.03. The minimum absolute atomic E-state index is 0.429. The number of anilines is 1. The third kappa shape index (κ3) is 3.35. The van der Waals surface area contributed by atoms with Crippen LogP contribution in [-0.2, 0) is 12.8 Å². The normalized spacial score (nSPS) is 17.1. The number of nitrogens with zero attached hydrogens (tertiary/aromatic N) is 1. The van der Waals surface area contributed by atoms with Crippen molar-refractivity contribution in [3.63, 3.8) is 0 Å². The second-order valence-electron chi connectivity index (χ2n) is 5.55. The molecule has 3 rings (SSSR count). The quantitative estimate of drug-likeness (QED) is 0.904. The Kier molecular flexibility index (Phi) is 4.39. The fraction of sp³-hybridized carbons (Fsp3) is 0.389. The van der Waals surface area contributed by atoms with Crippen LogP contribution in [0.2, 0.25) is 0 Å². The molecule has 1 unspecified atom stereocenters. The molecule has 2 aromatic rings. The van der Waals surface area contributed by atoms with Crippen molar-refractivity contribution in [2.75, 3.05) is 11.9 Å². The van der Waals surface area contributed by atoms with Gasteiger partial charge in [-0.1, -0.05) is 31.2 Å². The highest BCUT2D eigenvalue weighted by atomic mass is 16.5. The number of benzene rings is 1. The Morgan fingerprint density at radius 2 is 2.05 bits per heavy atom. The number of hydrogen-bond donors (Lipinski definition) is 1. The molecule has 0 amide bonds. The van der Waals surface area contributed by atoms with Crippen LogP contribution < -0.4 is 10.1 Å². The number of ether oxygens (including phenoxy) is 1. The van der Waals surface area contributed by atoms with Gasteiger partial charge in [0.25, 0.3) is 0 Å². The van der Waals surface area contributed by atoms with Crippen LogP contribution in [0.15, 0.2) is 42.6 Å². The van der Waals surface area contributed by atoms with Gasteiger partial charge in [-0.25, -0.2) is 4.98 Å². The van der Waals surface area contributed by atoms with Gasteiger partial charge in [0.2, 0.25) is 0 Å². The van der Waals surface area contributed by atoms with Gasteiger partial charge < -0.3 is 10.1 Å². The average molecular weight is 282 g/mol. The highest BCUT2D eigenvalue weighted by molar-refractivity contribution is 5.50. The van der Waals surface area contributed by atoms with Crippen LogP contribution >= 0.6 is 0 Å². The van der Waals surface area contributed by atoms with Crippen LogP contribution in [0.5, 0.6) is 5.75 Å². The van der Waals surface area contributed by atoms with E-state index in [0.29, 0.717) is 6.04 Å². The number of rotatable bonds is 5. The summed E-state index contributed by atoms with van der Waals surface area (Å²) < 4.78 is 5.77. The van der Waals surface area contributed by atoms with E-state index in [2.05, 4.69) is 41.5 Å². The summed E-state index contributed by atoms with van der Waals surface area (Å²) in [5, 5.41) is 3.56. The van der Waals surface area contributed by atoms with E-state index in [0.717, 1.165) is 43.9 Å². The van der Waals surface area contributed by atoms with Gasteiger partial charge in [0, 0.05) is 12.2 Å². The molecule has 0 saturated heterocycles. The first-order valence-electron chi connectivity index (χ1n) is 7.78. The SMILES string of the molecule is CCCOc1cccnc1NC1CCc2ccccc2C1. The molecule has 0 aliphatic heterocycles. The minimum atomic E-state index is 0.429. The van der Waals surface area contributed by atoms with E-state index in [1.165, 1.54) is 11.1 Å². The van der Waals surface area contributed by atoms with Crippen molar-refractivity contribution in [3.05, 3.63) is 53.7 Å². The number of fused-ring (bicyclic) bond motifs is 1. The lowest BCUT2D eigenvalue weighted by Gasteiger charge is -2.26. The minimum Gasteiger partial charge on any atom is -0.490 e. The first-order valence-corrected chi connectivity index (χ1v) is 7.78. The summed E-state index contributed by atoms with van der Waals surface area (Å²) in [5.74, 6) is 1.73. The molecule has 1 aliphatic carbocycles. The second kappa shape index (κ2) is 6.61. The fourth-order valence-corrected chi connectivity index (χ4v) is 2.84.